The molecule has 9 aromatic carbocycles. The molecular formula is C42H24O. The van der Waals surface area contributed by atoms with Crippen LogP contribution in [0.5, 0.6) is 11.5 Å². The molecule has 0 spiro atoms. The van der Waals surface area contributed by atoms with Gasteiger partial charge in [-0.2, -0.15) is 0 Å². The second kappa shape index (κ2) is 8.44. The molecule has 0 radical (unpaired) electrons. The molecule has 1 aliphatic heterocycles. The van der Waals surface area contributed by atoms with E-state index in [4.69, 9.17) is 4.74 Å². The Bertz CT molecular complexity index is 2570. The van der Waals surface area contributed by atoms with Gasteiger partial charge in [0.1, 0.15) is 11.5 Å². The summed E-state index contributed by atoms with van der Waals surface area (Å²) < 4.78 is 6.35. The Morgan fingerprint density at radius 3 is 1.77 bits per heavy atom. The molecule has 0 bridgehead atoms. The highest BCUT2D eigenvalue weighted by atomic mass is 16.5. The normalized spacial score (nSPS) is 12.4. The second-order valence-corrected chi connectivity index (χ2v) is 11.7. The highest BCUT2D eigenvalue weighted by Gasteiger charge is 2.20. The van der Waals surface area contributed by atoms with Gasteiger partial charge in [0.05, 0.1) is 0 Å². The third-order valence-corrected chi connectivity index (χ3v) is 9.37. The molecule has 0 amide bonds. The minimum absolute atomic E-state index is 0.909. The first-order chi connectivity index (χ1) is 21.3. The van der Waals surface area contributed by atoms with E-state index in [2.05, 4.69) is 146 Å². The Labute approximate surface area is 248 Å². The van der Waals surface area contributed by atoms with E-state index in [9.17, 15) is 0 Å². The van der Waals surface area contributed by atoms with E-state index in [1.165, 1.54) is 81.7 Å². The molecule has 0 aromatic heterocycles. The van der Waals surface area contributed by atoms with Crippen molar-refractivity contribution in [3.8, 4) is 44.9 Å². The fourth-order valence-corrected chi connectivity index (χ4v) is 7.32. The van der Waals surface area contributed by atoms with Crippen LogP contribution in [0.25, 0.3) is 87.2 Å². The maximum Gasteiger partial charge on any atom is 0.135 e. The molecule has 10 rings (SSSR count). The first-order valence-electron chi connectivity index (χ1n) is 14.8. The Balaban J connectivity index is 1.12. The maximum atomic E-state index is 6.35. The molecule has 0 atom stereocenters. The lowest BCUT2D eigenvalue weighted by Gasteiger charge is -2.22. The first-order valence-corrected chi connectivity index (χ1v) is 14.8. The number of hydrogen-bond acceptors (Lipinski definition) is 1. The number of fused-ring (bicyclic) bond motifs is 3. The van der Waals surface area contributed by atoms with Crippen molar-refractivity contribution < 1.29 is 4.74 Å². The molecule has 0 saturated heterocycles. The largest absolute Gasteiger partial charge is 0.456 e. The number of rotatable bonds is 2. The van der Waals surface area contributed by atoms with Gasteiger partial charge in [-0.3, -0.25) is 0 Å². The molecule has 9 aromatic rings. The summed E-state index contributed by atoms with van der Waals surface area (Å²) in [6.07, 6.45) is 0. The predicted octanol–water partition coefficient (Wildman–Crippen LogP) is 12.0. The minimum Gasteiger partial charge on any atom is -0.456 e. The monoisotopic (exact) mass is 544 g/mol. The molecule has 0 saturated carbocycles. The summed E-state index contributed by atoms with van der Waals surface area (Å²) in [4.78, 5) is 0. The van der Waals surface area contributed by atoms with Crippen molar-refractivity contribution in [2.24, 2.45) is 0 Å². The fraction of sp³-hybridized carbons (Fsp3) is 0. The maximum absolute atomic E-state index is 6.35. The van der Waals surface area contributed by atoms with Gasteiger partial charge in [-0.15, -0.1) is 0 Å². The zero-order valence-electron chi connectivity index (χ0n) is 23.3. The zero-order chi connectivity index (χ0) is 28.1. The zero-order valence-corrected chi connectivity index (χ0v) is 23.3. The highest BCUT2D eigenvalue weighted by molar-refractivity contribution is 6.25. The summed E-state index contributed by atoms with van der Waals surface area (Å²) in [5.74, 6) is 1.84. The average Bonchev–Trinajstić information content (AvgIpc) is 3.07. The van der Waals surface area contributed by atoms with Gasteiger partial charge in [-0.05, 0) is 107 Å². The molecule has 0 unspecified atom stereocenters. The average molecular weight is 545 g/mol. The lowest BCUT2D eigenvalue weighted by Crippen LogP contribution is -1.97. The summed E-state index contributed by atoms with van der Waals surface area (Å²) in [5.41, 5.74) is 7.28. The van der Waals surface area contributed by atoms with Gasteiger partial charge in [0.15, 0.2) is 0 Å². The van der Waals surface area contributed by atoms with Crippen LogP contribution in [0.2, 0.25) is 0 Å². The lowest BCUT2D eigenvalue weighted by atomic mass is 9.89. The summed E-state index contributed by atoms with van der Waals surface area (Å²) in [5, 5.41) is 12.8. The van der Waals surface area contributed by atoms with Crippen LogP contribution in [-0.2, 0) is 0 Å². The van der Waals surface area contributed by atoms with Gasteiger partial charge in [-0.25, -0.2) is 0 Å². The summed E-state index contributed by atoms with van der Waals surface area (Å²) in [7, 11) is 0. The van der Waals surface area contributed by atoms with Gasteiger partial charge in [0, 0.05) is 10.9 Å². The van der Waals surface area contributed by atoms with Crippen LogP contribution in [0.4, 0.5) is 0 Å². The molecule has 1 nitrogen and oxygen atoms in total. The van der Waals surface area contributed by atoms with Crippen LogP contribution < -0.4 is 4.74 Å². The van der Waals surface area contributed by atoms with E-state index in [1.54, 1.807) is 0 Å². The van der Waals surface area contributed by atoms with Crippen molar-refractivity contribution >= 4 is 53.9 Å². The van der Waals surface area contributed by atoms with E-state index < -0.39 is 0 Å². The summed E-state index contributed by atoms with van der Waals surface area (Å²) in [6, 6.07) is 53.3. The van der Waals surface area contributed by atoms with Crippen LogP contribution in [0, 0.1) is 0 Å². The topological polar surface area (TPSA) is 9.23 Å². The van der Waals surface area contributed by atoms with Gasteiger partial charge in [0.2, 0.25) is 0 Å². The van der Waals surface area contributed by atoms with E-state index in [0.29, 0.717) is 0 Å². The van der Waals surface area contributed by atoms with Gasteiger partial charge in [0.25, 0.3) is 0 Å². The van der Waals surface area contributed by atoms with Crippen molar-refractivity contribution in [1.82, 2.24) is 0 Å². The van der Waals surface area contributed by atoms with E-state index >= 15 is 0 Å². The van der Waals surface area contributed by atoms with Gasteiger partial charge < -0.3 is 4.74 Å². The summed E-state index contributed by atoms with van der Waals surface area (Å²) in [6.45, 7) is 0. The molecule has 43 heavy (non-hydrogen) atoms. The van der Waals surface area contributed by atoms with Crippen molar-refractivity contribution in [1.29, 1.82) is 0 Å². The van der Waals surface area contributed by atoms with E-state index in [0.717, 1.165) is 17.1 Å². The Morgan fingerprint density at radius 1 is 0.302 bits per heavy atom. The van der Waals surface area contributed by atoms with Crippen molar-refractivity contribution in [3.63, 3.8) is 0 Å². The molecule has 1 aliphatic rings. The Kier molecular flexibility index (Phi) is 4.51. The molecule has 1 heteroatoms. The van der Waals surface area contributed by atoms with Crippen LogP contribution in [0.3, 0.4) is 0 Å². The predicted molar refractivity (Wildman–Crippen MR) is 182 cm³/mol. The van der Waals surface area contributed by atoms with E-state index in [-0.39, 0.29) is 0 Å². The van der Waals surface area contributed by atoms with Gasteiger partial charge >= 0.3 is 0 Å². The number of ether oxygens (including phenoxy) is 1. The van der Waals surface area contributed by atoms with Crippen molar-refractivity contribution in [3.05, 3.63) is 146 Å². The third kappa shape index (κ3) is 3.28. The molecule has 1 heterocycles. The quantitative estimate of drug-likeness (QED) is 0.197. The molecule has 198 valence electrons. The smallest absolute Gasteiger partial charge is 0.135 e. The molecule has 0 N–H and O–H groups in total. The van der Waals surface area contributed by atoms with Gasteiger partial charge in [-0.1, -0.05) is 115 Å². The van der Waals surface area contributed by atoms with E-state index in [1.807, 2.05) is 0 Å². The second-order valence-electron chi connectivity index (χ2n) is 11.7. The van der Waals surface area contributed by atoms with Crippen LogP contribution in [0.15, 0.2) is 146 Å². The lowest BCUT2D eigenvalue weighted by molar-refractivity contribution is 0.487. The molecule has 0 aliphatic carbocycles. The van der Waals surface area contributed by atoms with Crippen LogP contribution in [-0.4, -0.2) is 0 Å². The highest BCUT2D eigenvalue weighted by Crippen LogP contribution is 2.47. The minimum atomic E-state index is 0.909. The number of benzene rings is 9. The van der Waals surface area contributed by atoms with Crippen molar-refractivity contribution in [2.75, 3.05) is 0 Å². The fourth-order valence-electron chi connectivity index (χ4n) is 7.32. The third-order valence-electron chi connectivity index (χ3n) is 9.37. The Hall–Kier alpha value is -5.66. The Morgan fingerprint density at radius 2 is 0.907 bits per heavy atom. The first kappa shape index (κ1) is 23.0. The van der Waals surface area contributed by atoms with Crippen molar-refractivity contribution in [2.45, 2.75) is 0 Å². The molecule has 0 fully saturated rings. The standard InChI is InChI=1S/C42H24O/c1-4-27-12-13-29-16-19-34(36-20-17-28(5-1)40(27)42(29)36)32-15-11-25-10-14-30(22-33(25)23-32)31-18-21-38-37(24-31)35-8-2-6-26-7-3-9-39(43-38)41(26)35/h1-24H. The number of hydrogen-bond donors (Lipinski definition) is 0. The summed E-state index contributed by atoms with van der Waals surface area (Å²) >= 11 is 0. The molecular weight excluding hydrogens is 520 g/mol. The van der Waals surface area contributed by atoms with Crippen LogP contribution in [0.1, 0.15) is 0 Å². The van der Waals surface area contributed by atoms with Crippen LogP contribution >= 0.6 is 0 Å². The SMILES string of the molecule is c1cc2c3c(cccc3c1)-c1cc(-c3ccc4ccc(-c5ccc6ccc7cccc8ccc5c6c78)cc4c3)ccc1O2.